The summed E-state index contributed by atoms with van der Waals surface area (Å²) in [6.45, 7) is 9.36. The van der Waals surface area contributed by atoms with Gasteiger partial charge in [-0.15, -0.1) is 0 Å². The first-order valence-corrected chi connectivity index (χ1v) is 23.8. The van der Waals surface area contributed by atoms with Crippen LogP contribution in [0.15, 0.2) is 83.8 Å². The standard InChI is InChI=1S/C52H59FN8O7/c1-52(2,3)68-51(66)55-45-30-37(36-8-6-7-35(29-36)34-12-13-34)31-54-47(45)50(65)60-21-17-39(18-22-60)67-38-15-19-58(20-16-38)32-46(62)59-23-25-61(26-24-59)49(64)42-27-33(11-14-43(42)53)28-44-40-9-4-5-10-41(40)48(63)57-56-44/h4-11,14,27,29-31,34,38-39H,12-13,15-26,28,32H2,1-3H3,(H,55,66)(H,57,63). The van der Waals surface area contributed by atoms with Crippen LogP contribution in [0.3, 0.4) is 0 Å². The van der Waals surface area contributed by atoms with Crippen LogP contribution in [0.1, 0.15) is 103 Å². The molecule has 1 saturated carbocycles. The summed E-state index contributed by atoms with van der Waals surface area (Å²) in [5.74, 6) is -0.724. The maximum absolute atomic E-state index is 15.1. The van der Waals surface area contributed by atoms with E-state index in [1.165, 1.54) is 24.5 Å². The number of hydrogen-bond acceptors (Lipinski definition) is 10. The summed E-state index contributed by atoms with van der Waals surface area (Å²) in [5, 5.41) is 10.8. The van der Waals surface area contributed by atoms with Gasteiger partial charge in [-0.1, -0.05) is 48.5 Å². The van der Waals surface area contributed by atoms with E-state index in [9.17, 15) is 24.0 Å². The maximum Gasteiger partial charge on any atom is 0.412 e. The predicted molar refractivity (Wildman–Crippen MR) is 255 cm³/mol. The van der Waals surface area contributed by atoms with E-state index in [0.29, 0.717) is 105 Å². The minimum Gasteiger partial charge on any atom is -0.444 e. The van der Waals surface area contributed by atoms with Crippen LogP contribution in [-0.2, 0) is 20.7 Å². The molecule has 0 atom stereocenters. The third-order valence-corrected chi connectivity index (χ3v) is 13.3. The van der Waals surface area contributed by atoms with Gasteiger partial charge in [0, 0.05) is 75.9 Å². The molecule has 5 aromatic rings. The number of amides is 4. The Morgan fingerprint density at radius 1 is 0.750 bits per heavy atom. The Balaban J connectivity index is 0.724. The highest BCUT2D eigenvalue weighted by atomic mass is 19.1. The van der Waals surface area contributed by atoms with Crippen molar-refractivity contribution >= 4 is 40.3 Å². The Kier molecular flexibility index (Phi) is 13.7. The zero-order valence-corrected chi connectivity index (χ0v) is 39.0. The van der Waals surface area contributed by atoms with Crippen LogP contribution in [0.2, 0.25) is 0 Å². The van der Waals surface area contributed by atoms with E-state index in [1.54, 1.807) is 72.0 Å². The smallest absolute Gasteiger partial charge is 0.412 e. The minimum atomic E-state index is -0.721. The molecule has 0 bridgehead atoms. The highest BCUT2D eigenvalue weighted by molar-refractivity contribution is 6.02. The van der Waals surface area contributed by atoms with E-state index in [2.05, 4.69) is 37.5 Å². The van der Waals surface area contributed by atoms with Crippen molar-refractivity contribution in [1.82, 2.24) is 34.8 Å². The number of H-pyrrole nitrogens is 1. The monoisotopic (exact) mass is 926 g/mol. The number of nitrogens with one attached hydrogen (secondary N) is 2. The Bertz CT molecular complexity index is 2750. The molecule has 4 fully saturated rings. The SMILES string of the molecule is CC(C)(C)OC(=O)Nc1cc(-c2cccc(C3CC3)c2)cnc1C(=O)N1CCC(OC2CCN(CC(=O)N3CCN(C(=O)c4cc(Cc5n[nH]c(=O)c6ccccc56)ccc4F)CC3)CC2)CC1. The van der Waals surface area contributed by atoms with Gasteiger partial charge in [0.1, 0.15) is 11.4 Å². The van der Waals surface area contributed by atoms with Crippen molar-refractivity contribution < 1.29 is 33.0 Å². The van der Waals surface area contributed by atoms with E-state index < -0.39 is 23.4 Å². The van der Waals surface area contributed by atoms with Crippen molar-refractivity contribution in [2.75, 3.05) is 64.2 Å². The molecular formula is C52H59FN8O7. The number of aromatic nitrogens is 3. The first kappa shape index (κ1) is 46.6. The van der Waals surface area contributed by atoms with Crippen molar-refractivity contribution in [3.8, 4) is 11.1 Å². The molecule has 2 aromatic heterocycles. The third kappa shape index (κ3) is 11.1. The molecule has 0 unspecified atom stereocenters. The number of ether oxygens (including phenoxy) is 2. The highest BCUT2D eigenvalue weighted by Gasteiger charge is 2.33. The summed E-state index contributed by atoms with van der Waals surface area (Å²) in [4.78, 5) is 78.1. The number of nitrogens with zero attached hydrogens (tertiary/aromatic N) is 6. The van der Waals surface area contributed by atoms with Crippen LogP contribution >= 0.6 is 0 Å². The molecule has 3 saturated heterocycles. The molecular weight excluding hydrogens is 868 g/mol. The van der Waals surface area contributed by atoms with Gasteiger partial charge in [0.05, 0.1) is 41.1 Å². The number of likely N-dealkylation sites (tertiary alicyclic amines) is 2. The summed E-state index contributed by atoms with van der Waals surface area (Å²) in [6.07, 6.45) is 6.66. The van der Waals surface area contributed by atoms with E-state index in [4.69, 9.17) is 9.47 Å². The summed E-state index contributed by atoms with van der Waals surface area (Å²) in [5.41, 5.74) is 3.79. The van der Waals surface area contributed by atoms with Gasteiger partial charge in [-0.3, -0.25) is 29.4 Å². The third-order valence-electron chi connectivity index (χ3n) is 13.3. The fourth-order valence-corrected chi connectivity index (χ4v) is 9.48. The number of benzene rings is 3. The van der Waals surface area contributed by atoms with Crippen molar-refractivity contribution in [1.29, 1.82) is 0 Å². The van der Waals surface area contributed by atoms with Crippen LogP contribution in [0.4, 0.5) is 14.9 Å². The van der Waals surface area contributed by atoms with Crippen LogP contribution in [0, 0.1) is 5.82 Å². The van der Waals surface area contributed by atoms with Crippen molar-refractivity contribution in [3.63, 3.8) is 0 Å². The minimum absolute atomic E-state index is 0.00123. The first-order chi connectivity index (χ1) is 32.7. The van der Waals surface area contributed by atoms with Gasteiger partial charge in [-0.2, -0.15) is 5.10 Å². The molecule has 16 heteroatoms. The average molecular weight is 927 g/mol. The van der Waals surface area contributed by atoms with E-state index in [0.717, 1.165) is 24.0 Å². The van der Waals surface area contributed by atoms with Crippen LogP contribution < -0.4 is 10.9 Å². The van der Waals surface area contributed by atoms with E-state index in [-0.39, 0.29) is 47.4 Å². The number of rotatable bonds is 11. The van der Waals surface area contributed by atoms with Gasteiger partial charge >= 0.3 is 6.09 Å². The second-order valence-corrected chi connectivity index (χ2v) is 19.5. The largest absolute Gasteiger partial charge is 0.444 e. The number of carbonyl (C=O) groups is 4. The summed E-state index contributed by atoms with van der Waals surface area (Å²) in [6, 6.07) is 21.7. The lowest BCUT2D eigenvalue weighted by molar-refractivity contribution is -0.135. The van der Waals surface area contributed by atoms with Gasteiger partial charge in [0.15, 0.2) is 5.69 Å². The molecule has 356 valence electrons. The average Bonchev–Trinajstić information content (AvgIpc) is 4.19. The molecule has 15 nitrogen and oxygen atoms in total. The second kappa shape index (κ2) is 20.0. The van der Waals surface area contributed by atoms with Crippen molar-refractivity contribution in [2.45, 2.75) is 89.4 Å². The first-order valence-electron chi connectivity index (χ1n) is 23.8. The quantitative estimate of drug-likeness (QED) is 0.141. The fourth-order valence-electron chi connectivity index (χ4n) is 9.48. The zero-order chi connectivity index (χ0) is 47.5. The number of aromatic amines is 1. The Morgan fingerprint density at radius 2 is 1.43 bits per heavy atom. The van der Waals surface area contributed by atoms with Crippen LogP contribution in [0.5, 0.6) is 0 Å². The molecule has 2 N–H and O–H groups in total. The van der Waals surface area contributed by atoms with Crippen molar-refractivity contribution in [3.05, 3.63) is 123 Å². The second-order valence-electron chi connectivity index (χ2n) is 19.5. The molecule has 9 rings (SSSR count). The Hall–Kier alpha value is -6.52. The summed E-state index contributed by atoms with van der Waals surface area (Å²) >= 11 is 0. The lowest BCUT2D eigenvalue weighted by atomic mass is 10.0. The van der Waals surface area contributed by atoms with Gasteiger partial charge in [0.2, 0.25) is 5.91 Å². The number of hydrogen-bond donors (Lipinski definition) is 2. The summed E-state index contributed by atoms with van der Waals surface area (Å²) < 4.78 is 27.2. The lowest BCUT2D eigenvalue weighted by Gasteiger charge is -2.38. The molecule has 4 aliphatic rings. The normalized spacial score (nSPS) is 17.6. The Labute approximate surface area is 395 Å². The number of fused-ring (bicyclic) bond motifs is 1. The van der Waals surface area contributed by atoms with Crippen LogP contribution in [0.25, 0.3) is 21.9 Å². The zero-order valence-electron chi connectivity index (χ0n) is 39.0. The number of piperidine rings is 2. The van der Waals surface area contributed by atoms with E-state index >= 15 is 4.39 Å². The molecule has 4 amide bonds. The number of halogens is 1. The number of pyridine rings is 1. The summed E-state index contributed by atoms with van der Waals surface area (Å²) in [7, 11) is 0. The van der Waals surface area contributed by atoms with Gasteiger partial charge in [-0.05, 0) is 106 Å². The number of piperazine rings is 1. The molecule has 3 aromatic carbocycles. The molecule has 0 radical (unpaired) electrons. The number of anilines is 1. The molecule has 1 aliphatic carbocycles. The Morgan fingerprint density at radius 3 is 2.13 bits per heavy atom. The topological polar surface area (TPSA) is 170 Å². The molecule has 3 aliphatic heterocycles. The highest BCUT2D eigenvalue weighted by Crippen LogP contribution is 2.41. The van der Waals surface area contributed by atoms with Crippen LogP contribution in [-0.4, -0.2) is 135 Å². The number of carbonyl (C=O) groups excluding carboxylic acids is 4. The fraction of sp³-hybridized carbons (Fsp3) is 0.442. The molecule has 0 spiro atoms. The van der Waals surface area contributed by atoms with Gasteiger partial charge in [-0.25, -0.2) is 19.3 Å². The van der Waals surface area contributed by atoms with E-state index in [1.807, 2.05) is 24.3 Å². The lowest BCUT2D eigenvalue weighted by Crippen LogP contribution is -2.53. The van der Waals surface area contributed by atoms with Crippen molar-refractivity contribution in [2.24, 2.45) is 0 Å². The maximum atomic E-state index is 15.1. The van der Waals surface area contributed by atoms with Gasteiger partial charge in [0.25, 0.3) is 17.4 Å². The molecule has 5 heterocycles. The van der Waals surface area contributed by atoms with Gasteiger partial charge < -0.3 is 24.2 Å². The predicted octanol–water partition coefficient (Wildman–Crippen LogP) is 7.01. The molecule has 68 heavy (non-hydrogen) atoms.